The summed E-state index contributed by atoms with van der Waals surface area (Å²) in [4.78, 5) is 20.3. The first-order valence-corrected chi connectivity index (χ1v) is 10.5. The van der Waals surface area contributed by atoms with Crippen molar-refractivity contribution in [2.75, 3.05) is 6.54 Å². The molecule has 6 nitrogen and oxygen atoms in total. The lowest BCUT2D eigenvalue weighted by atomic mass is 10.1. The van der Waals surface area contributed by atoms with Gasteiger partial charge in [0.1, 0.15) is 11.2 Å². The summed E-state index contributed by atoms with van der Waals surface area (Å²) in [7, 11) is 0. The highest BCUT2D eigenvalue weighted by atomic mass is 35.5. The number of hydrogen-bond donors (Lipinski definition) is 0. The van der Waals surface area contributed by atoms with Crippen LogP contribution in [0.15, 0.2) is 35.3 Å². The molecule has 0 bridgehead atoms. The molecule has 7 heteroatoms. The Kier molecular flexibility index (Phi) is 4.48. The molecule has 28 heavy (non-hydrogen) atoms. The summed E-state index contributed by atoms with van der Waals surface area (Å²) in [5.74, 6) is 0.837. The Labute approximate surface area is 168 Å². The van der Waals surface area contributed by atoms with Crippen molar-refractivity contribution in [2.45, 2.75) is 57.8 Å². The van der Waals surface area contributed by atoms with Gasteiger partial charge in [0.2, 0.25) is 0 Å². The first kappa shape index (κ1) is 17.9. The number of benzene rings is 1. The Morgan fingerprint density at radius 2 is 1.89 bits per heavy atom. The van der Waals surface area contributed by atoms with Crippen LogP contribution in [-0.2, 0) is 13.1 Å². The van der Waals surface area contributed by atoms with Gasteiger partial charge in [0.05, 0.1) is 18.8 Å². The third-order valence-electron chi connectivity index (χ3n) is 6.32. The molecule has 1 atom stereocenters. The quantitative estimate of drug-likeness (QED) is 0.671. The fourth-order valence-electron chi connectivity index (χ4n) is 4.60. The van der Waals surface area contributed by atoms with Gasteiger partial charge in [-0.05, 0) is 37.5 Å². The van der Waals surface area contributed by atoms with Crippen molar-refractivity contribution in [1.82, 2.24) is 24.2 Å². The Bertz CT molecular complexity index is 1060. The average molecular weight is 398 g/mol. The molecule has 2 aliphatic rings. The van der Waals surface area contributed by atoms with Gasteiger partial charge < -0.3 is 0 Å². The molecule has 0 spiro atoms. The maximum atomic E-state index is 13.0. The van der Waals surface area contributed by atoms with E-state index < -0.39 is 0 Å². The molecule has 3 aromatic rings. The highest BCUT2D eigenvalue weighted by molar-refractivity contribution is 6.30. The van der Waals surface area contributed by atoms with Gasteiger partial charge in [-0.1, -0.05) is 36.6 Å². The standard InChI is InChI=1S/C21H24ClN5O/c1-14(15-6-8-16(22)9-7-15)25-10-11-26-19(13-25)24-20-18(21(26)28)12-23-27(20)17-4-2-3-5-17/h6-9,12,14,17H,2-5,10-11,13H2,1H3. The molecule has 1 fully saturated rings. The molecule has 0 amide bonds. The van der Waals surface area contributed by atoms with Gasteiger partial charge in [-0.3, -0.25) is 14.3 Å². The second-order valence-electron chi connectivity index (χ2n) is 7.95. The predicted octanol–water partition coefficient (Wildman–Crippen LogP) is 3.94. The SMILES string of the molecule is CC(c1ccc(Cl)cc1)N1CCn2c(nc3c(cnn3C3CCCC3)c2=O)C1. The molecule has 1 saturated carbocycles. The van der Waals surface area contributed by atoms with Crippen LogP contribution in [0.5, 0.6) is 0 Å². The molecule has 0 radical (unpaired) electrons. The van der Waals surface area contributed by atoms with Crippen molar-refractivity contribution >= 4 is 22.6 Å². The maximum absolute atomic E-state index is 13.0. The van der Waals surface area contributed by atoms with Gasteiger partial charge in [-0.15, -0.1) is 0 Å². The van der Waals surface area contributed by atoms with Crippen molar-refractivity contribution in [2.24, 2.45) is 0 Å². The first-order chi connectivity index (χ1) is 13.6. The van der Waals surface area contributed by atoms with Gasteiger partial charge in [-0.2, -0.15) is 5.10 Å². The van der Waals surface area contributed by atoms with Crippen molar-refractivity contribution in [3.8, 4) is 0 Å². The highest BCUT2D eigenvalue weighted by Crippen LogP contribution is 2.31. The molecule has 3 heterocycles. The molecule has 0 saturated heterocycles. The van der Waals surface area contributed by atoms with Gasteiger partial charge in [-0.25, -0.2) is 9.67 Å². The van der Waals surface area contributed by atoms with Crippen LogP contribution < -0.4 is 5.56 Å². The number of fused-ring (bicyclic) bond motifs is 2. The van der Waals surface area contributed by atoms with Crippen LogP contribution in [0.25, 0.3) is 11.0 Å². The highest BCUT2D eigenvalue weighted by Gasteiger charge is 2.27. The van der Waals surface area contributed by atoms with E-state index >= 15 is 0 Å². The lowest BCUT2D eigenvalue weighted by molar-refractivity contribution is 0.160. The van der Waals surface area contributed by atoms with Crippen molar-refractivity contribution < 1.29 is 0 Å². The Hall–Kier alpha value is -2.18. The lowest BCUT2D eigenvalue weighted by Crippen LogP contribution is -2.41. The van der Waals surface area contributed by atoms with Gasteiger partial charge in [0, 0.05) is 24.2 Å². The van der Waals surface area contributed by atoms with Crippen LogP contribution in [-0.4, -0.2) is 30.8 Å². The van der Waals surface area contributed by atoms with E-state index in [0.717, 1.165) is 35.9 Å². The second-order valence-corrected chi connectivity index (χ2v) is 8.38. The molecule has 1 aromatic carbocycles. The molecule has 1 unspecified atom stereocenters. The summed E-state index contributed by atoms with van der Waals surface area (Å²) in [6.45, 7) is 4.33. The minimum absolute atomic E-state index is 0.0445. The van der Waals surface area contributed by atoms with Crippen LogP contribution in [0.4, 0.5) is 0 Å². The van der Waals surface area contributed by atoms with Crippen molar-refractivity contribution in [3.63, 3.8) is 0 Å². The molecule has 0 N–H and O–H groups in total. The van der Waals surface area contributed by atoms with E-state index in [1.165, 1.54) is 18.4 Å². The molecule has 1 aliphatic carbocycles. The zero-order valence-corrected chi connectivity index (χ0v) is 16.8. The van der Waals surface area contributed by atoms with E-state index in [4.69, 9.17) is 16.6 Å². The van der Waals surface area contributed by atoms with E-state index in [1.807, 2.05) is 21.4 Å². The summed E-state index contributed by atoms with van der Waals surface area (Å²) in [5, 5.41) is 5.93. The Morgan fingerprint density at radius 3 is 2.64 bits per heavy atom. The fourth-order valence-corrected chi connectivity index (χ4v) is 4.73. The molecule has 5 rings (SSSR count). The molecular weight excluding hydrogens is 374 g/mol. The van der Waals surface area contributed by atoms with Crippen LogP contribution in [0.1, 0.15) is 56.1 Å². The maximum Gasteiger partial charge on any atom is 0.264 e. The van der Waals surface area contributed by atoms with E-state index in [2.05, 4.69) is 29.1 Å². The van der Waals surface area contributed by atoms with Crippen molar-refractivity contribution in [3.05, 3.63) is 57.2 Å². The number of halogens is 1. The lowest BCUT2D eigenvalue weighted by Gasteiger charge is -2.34. The van der Waals surface area contributed by atoms with E-state index in [0.29, 0.717) is 24.5 Å². The van der Waals surface area contributed by atoms with Gasteiger partial charge in [0.25, 0.3) is 5.56 Å². The number of hydrogen-bond acceptors (Lipinski definition) is 4. The van der Waals surface area contributed by atoms with Crippen LogP contribution in [0.2, 0.25) is 5.02 Å². The third kappa shape index (κ3) is 2.95. The smallest absolute Gasteiger partial charge is 0.264 e. The third-order valence-corrected chi connectivity index (χ3v) is 6.57. The zero-order chi connectivity index (χ0) is 19.3. The molecule has 146 valence electrons. The van der Waals surface area contributed by atoms with E-state index in [-0.39, 0.29) is 11.6 Å². The summed E-state index contributed by atoms with van der Waals surface area (Å²) >= 11 is 6.03. The van der Waals surface area contributed by atoms with Gasteiger partial charge >= 0.3 is 0 Å². The van der Waals surface area contributed by atoms with Crippen LogP contribution in [0.3, 0.4) is 0 Å². The van der Waals surface area contributed by atoms with E-state index in [1.54, 1.807) is 6.20 Å². The summed E-state index contributed by atoms with van der Waals surface area (Å²) in [5.41, 5.74) is 2.02. The fraction of sp³-hybridized carbons (Fsp3) is 0.476. The first-order valence-electron chi connectivity index (χ1n) is 10.1. The largest absolute Gasteiger partial charge is 0.294 e. The summed E-state index contributed by atoms with van der Waals surface area (Å²) in [6, 6.07) is 8.61. The Balaban J connectivity index is 1.49. The van der Waals surface area contributed by atoms with Crippen molar-refractivity contribution in [1.29, 1.82) is 0 Å². The predicted molar refractivity (Wildman–Crippen MR) is 110 cm³/mol. The minimum Gasteiger partial charge on any atom is -0.294 e. The van der Waals surface area contributed by atoms with Crippen LogP contribution >= 0.6 is 11.6 Å². The number of aromatic nitrogens is 4. The van der Waals surface area contributed by atoms with Gasteiger partial charge in [0.15, 0.2) is 5.65 Å². The summed E-state index contributed by atoms with van der Waals surface area (Å²) in [6.07, 6.45) is 6.40. The van der Waals surface area contributed by atoms with Crippen LogP contribution in [0, 0.1) is 0 Å². The molecular formula is C21H24ClN5O. The second kappa shape index (κ2) is 7.01. The number of rotatable bonds is 3. The van der Waals surface area contributed by atoms with E-state index in [9.17, 15) is 4.79 Å². The summed E-state index contributed by atoms with van der Waals surface area (Å²) < 4.78 is 3.82. The topological polar surface area (TPSA) is 56.0 Å². The number of nitrogens with zero attached hydrogens (tertiary/aromatic N) is 5. The average Bonchev–Trinajstić information content (AvgIpc) is 3.37. The monoisotopic (exact) mass is 397 g/mol. The minimum atomic E-state index is 0.0445. The molecule has 2 aromatic heterocycles. The Morgan fingerprint density at radius 1 is 1.14 bits per heavy atom. The molecule has 1 aliphatic heterocycles. The normalized spacial score (nSPS) is 19.2. The zero-order valence-electron chi connectivity index (χ0n) is 16.0.